The van der Waals surface area contributed by atoms with Gasteiger partial charge in [0.2, 0.25) is 0 Å². The molecule has 0 spiro atoms. The average molecular weight is 385 g/mol. The first-order chi connectivity index (χ1) is 14.2. The molecule has 2 aromatic rings. The van der Waals surface area contributed by atoms with Gasteiger partial charge in [-0.1, -0.05) is 30.3 Å². The van der Waals surface area contributed by atoms with E-state index in [-0.39, 0.29) is 5.78 Å². The number of Topliss-reactive ketones (excluding diaryl/α,β-unsaturated/α-hetero) is 1. The maximum atomic E-state index is 13.0. The van der Waals surface area contributed by atoms with Gasteiger partial charge >= 0.3 is 0 Å². The molecule has 2 aliphatic rings. The van der Waals surface area contributed by atoms with Gasteiger partial charge in [-0.15, -0.1) is 0 Å². The maximum Gasteiger partial charge on any atom is 0.161 e. The molecule has 0 fully saturated rings. The molecule has 1 atom stereocenters. The van der Waals surface area contributed by atoms with Crippen molar-refractivity contribution in [1.29, 1.82) is 5.26 Å². The monoisotopic (exact) mass is 385 g/mol. The van der Waals surface area contributed by atoms with Crippen LogP contribution < -0.4 is 15.4 Å². The van der Waals surface area contributed by atoms with Gasteiger partial charge in [-0.05, 0) is 49.6 Å². The van der Waals surface area contributed by atoms with Crippen LogP contribution in [0.5, 0.6) is 5.75 Å². The Bertz CT molecular complexity index is 1030. The van der Waals surface area contributed by atoms with Crippen LogP contribution in [0.3, 0.4) is 0 Å². The Morgan fingerprint density at radius 2 is 1.86 bits per heavy atom. The molecule has 0 bridgehead atoms. The lowest BCUT2D eigenvalue weighted by molar-refractivity contribution is -0.116. The second-order valence-electron chi connectivity index (χ2n) is 7.15. The SMILES string of the molecule is CCOc1ccc(C2C(C#N)=C(N)N(c3ccccc3)C3=C2C(=O)CCC3)cc1. The van der Waals surface area contributed by atoms with Crippen LogP contribution in [0.15, 0.2) is 77.3 Å². The van der Waals surface area contributed by atoms with Crippen LogP contribution in [0.4, 0.5) is 5.69 Å². The van der Waals surface area contributed by atoms with Crippen molar-refractivity contribution in [3.63, 3.8) is 0 Å². The molecule has 5 nitrogen and oxygen atoms in total. The first-order valence-electron chi connectivity index (χ1n) is 9.89. The highest BCUT2D eigenvalue weighted by Crippen LogP contribution is 2.46. The molecule has 0 aromatic heterocycles. The number of nitriles is 1. The molecule has 1 aliphatic heterocycles. The summed E-state index contributed by atoms with van der Waals surface area (Å²) in [7, 11) is 0. The van der Waals surface area contributed by atoms with E-state index < -0.39 is 5.92 Å². The van der Waals surface area contributed by atoms with Gasteiger partial charge < -0.3 is 10.5 Å². The summed E-state index contributed by atoms with van der Waals surface area (Å²) in [6, 6.07) is 19.6. The van der Waals surface area contributed by atoms with Crippen molar-refractivity contribution in [1.82, 2.24) is 0 Å². The Labute approximate surface area is 170 Å². The number of anilines is 1. The van der Waals surface area contributed by atoms with Crippen molar-refractivity contribution in [3.05, 3.63) is 82.8 Å². The predicted octanol–water partition coefficient (Wildman–Crippen LogP) is 4.39. The number of nitrogens with zero attached hydrogens (tertiary/aromatic N) is 2. The second kappa shape index (κ2) is 7.84. The highest BCUT2D eigenvalue weighted by molar-refractivity contribution is 6.01. The fourth-order valence-corrected chi connectivity index (χ4v) is 4.21. The number of para-hydroxylation sites is 1. The van der Waals surface area contributed by atoms with E-state index in [2.05, 4.69) is 6.07 Å². The molecule has 2 aromatic carbocycles. The molecule has 4 rings (SSSR count). The van der Waals surface area contributed by atoms with Gasteiger partial charge in [-0.2, -0.15) is 5.26 Å². The zero-order valence-electron chi connectivity index (χ0n) is 16.4. The van der Waals surface area contributed by atoms with Gasteiger partial charge in [0.1, 0.15) is 11.6 Å². The fourth-order valence-electron chi connectivity index (χ4n) is 4.21. The zero-order chi connectivity index (χ0) is 20.4. The first-order valence-corrected chi connectivity index (χ1v) is 9.89. The fraction of sp³-hybridized carbons (Fsp3) is 0.250. The Morgan fingerprint density at radius 1 is 1.14 bits per heavy atom. The van der Waals surface area contributed by atoms with E-state index in [0.29, 0.717) is 30.0 Å². The van der Waals surface area contributed by atoms with E-state index >= 15 is 0 Å². The van der Waals surface area contributed by atoms with Crippen molar-refractivity contribution < 1.29 is 9.53 Å². The van der Waals surface area contributed by atoms with Crippen LogP contribution in [0.1, 0.15) is 37.7 Å². The third-order valence-corrected chi connectivity index (χ3v) is 5.45. The summed E-state index contributed by atoms with van der Waals surface area (Å²) < 4.78 is 5.54. The lowest BCUT2D eigenvalue weighted by Crippen LogP contribution is -2.38. The highest BCUT2D eigenvalue weighted by atomic mass is 16.5. The molecule has 1 heterocycles. The minimum Gasteiger partial charge on any atom is -0.494 e. The maximum absolute atomic E-state index is 13.0. The Balaban J connectivity index is 1.89. The molecule has 29 heavy (non-hydrogen) atoms. The van der Waals surface area contributed by atoms with E-state index in [1.54, 1.807) is 0 Å². The van der Waals surface area contributed by atoms with E-state index in [1.165, 1.54) is 0 Å². The number of rotatable bonds is 4. The van der Waals surface area contributed by atoms with E-state index in [0.717, 1.165) is 35.5 Å². The third-order valence-electron chi connectivity index (χ3n) is 5.45. The number of benzene rings is 2. The quantitative estimate of drug-likeness (QED) is 0.844. The minimum absolute atomic E-state index is 0.0892. The summed E-state index contributed by atoms with van der Waals surface area (Å²) in [6.45, 7) is 2.51. The van der Waals surface area contributed by atoms with Crippen molar-refractivity contribution >= 4 is 11.5 Å². The van der Waals surface area contributed by atoms with E-state index in [9.17, 15) is 10.1 Å². The summed E-state index contributed by atoms with van der Waals surface area (Å²) in [5.41, 5.74) is 10.3. The van der Waals surface area contributed by atoms with Crippen LogP contribution >= 0.6 is 0 Å². The molecular formula is C24H23N3O2. The summed E-state index contributed by atoms with van der Waals surface area (Å²) in [4.78, 5) is 14.9. The van der Waals surface area contributed by atoms with Crippen LogP contribution in [0.25, 0.3) is 0 Å². The van der Waals surface area contributed by atoms with Crippen molar-refractivity contribution in [2.24, 2.45) is 5.73 Å². The summed E-state index contributed by atoms with van der Waals surface area (Å²) in [6.07, 6.45) is 2.03. The zero-order valence-corrected chi connectivity index (χ0v) is 16.4. The number of carbonyl (C=O) groups excluding carboxylic acids is 1. The molecule has 0 amide bonds. The van der Waals surface area contributed by atoms with Gasteiger partial charge in [-0.3, -0.25) is 9.69 Å². The number of allylic oxidation sites excluding steroid dienone is 3. The van der Waals surface area contributed by atoms with Crippen LogP contribution in [-0.2, 0) is 4.79 Å². The molecule has 0 saturated heterocycles. The number of ketones is 1. The molecule has 1 aliphatic carbocycles. The predicted molar refractivity (Wildman–Crippen MR) is 112 cm³/mol. The number of hydrogen-bond donors (Lipinski definition) is 1. The first kappa shape index (κ1) is 18.8. The van der Waals surface area contributed by atoms with Crippen LogP contribution in [0, 0.1) is 11.3 Å². The largest absolute Gasteiger partial charge is 0.494 e. The van der Waals surface area contributed by atoms with Crippen molar-refractivity contribution in [3.8, 4) is 11.8 Å². The normalized spacial score (nSPS) is 19.1. The number of nitrogens with two attached hydrogens (primary N) is 1. The Morgan fingerprint density at radius 3 is 2.52 bits per heavy atom. The van der Waals surface area contributed by atoms with Crippen LogP contribution in [-0.4, -0.2) is 12.4 Å². The van der Waals surface area contributed by atoms with Crippen molar-refractivity contribution in [2.75, 3.05) is 11.5 Å². The van der Waals surface area contributed by atoms with Crippen molar-refractivity contribution in [2.45, 2.75) is 32.1 Å². The standard InChI is InChI=1S/C24H23N3O2/c1-2-29-18-13-11-16(12-14-18)22-19(15-25)24(26)27(17-7-4-3-5-8-17)20-9-6-10-21(28)23(20)22/h3-5,7-8,11-14,22H,2,6,9-10,26H2,1H3. The highest BCUT2D eigenvalue weighted by Gasteiger charge is 2.40. The summed E-state index contributed by atoms with van der Waals surface area (Å²) in [5, 5.41) is 10.0. The molecule has 2 N–H and O–H groups in total. The van der Waals surface area contributed by atoms with Gasteiger partial charge in [0, 0.05) is 23.4 Å². The molecule has 0 radical (unpaired) electrons. The van der Waals surface area contributed by atoms with Gasteiger partial charge in [-0.25, -0.2) is 0 Å². The second-order valence-corrected chi connectivity index (χ2v) is 7.15. The lowest BCUT2D eigenvalue weighted by atomic mass is 9.75. The average Bonchev–Trinajstić information content (AvgIpc) is 2.74. The topological polar surface area (TPSA) is 79.3 Å². The Kier molecular flexibility index (Phi) is 5.09. The van der Waals surface area contributed by atoms with Gasteiger partial charge in [0.25, 0.3) is 0 Å². The Hall–Kier alpha value is -3.52. The molecular weight excluding hydrogens is 362 g/mol. The number of ether oxygens (including phenoxy) is 1. The summed E-state index contributed by atoms with van der Waals surface area (Å²) >= 11 is 0. The van der Waals surface area contributed by atoms with Crippen LogP contribution in [0.2, 0.25) is 0 Å². The number of carbonyl (C=O) groups is 1. The van der Waals surface area contributed by atoms with E-state index in [1.807, 2.05) is 66.4 Å². The smallest absolute Gasteiger partial charge is 0.161 e. The minimum atomic E-state index is -0.446. The number of hydrogen-bond acceptors (Lipinski definition) is 5. The lowest BCUT2D eigenvalue weighted by Gasteiger charge is -2.39. The van der Waals surface area contributed by atoms with Gasteiger partial charge in [0.15, 0.2) is 5.78 Å². The third kappa shape index (κ3) is 3.27. The van der Waals surface area contributed by atoms with Gasteiger partial charge in [0.05, 0.1) is 24.2 Å². The molecule has 1 unspecified atom stereocenters. The molecule has 5 heteroatoms. The summed E-state index contributed by atoms with van der Waals surface area (Å²) in [5.74, 6) is 0.799. The molecule has 0 saturated carbocycles. The molecule has 146 valence electrons. The van der Waals surface area contributed by atoms with E-state index in [4.69, 9.17) is 10.5 Å².